The molecule has 0 spiro atoms. The van der Waals surface area contributed by atoms with Crippen molar-refractivity contribution in [2.24, 2.45) is 0 Å². The summed E-state index contributed by atoms with van der Waals surface area (Å²) in [5.74, 6) is -0.858. The van der Waals surface area contributed by atoms with E-state index in [0.717, 1.165) is 6.42 Å². The average molecular weight is 289 g/mol. The number of nitrogens with zero attached hydrogens (tertiary/aromatic N) is 2. The normalized spacial score (nSPS) is 12.0. The van der Waals surface area contributed by atoms with Crippen LogP contribution in [0.1, 0.15) is 30.6 Å². The minimum Gasteiger partial charge on any atom is -0.349 e. The quantitative estimate of drug-likeness (QED) is 0.935. The fourth-order valence-electron chi connectivity index (χ4n) is 1.76. The van der Waals surface area contributed by atoms with E-state index in [9.17, 15) is 14.0 Å². The largest absolute Gasteiger partial charge is 0.349 e. The average Bonchev–Trinajstić information content (AvgIpc) is 2.48. The second kappa shape index (κ2) is 6.30. The van der Waals surface area contributed by atoms with E-state index in [1.54, 1.807) is 0 Å². The van der Waals surface area contributed by atoms with Gasteiger partial charge in [-0.05, 0) is 37.6 Å². The summed E-state index contributed by atoms with van der Waals surface area (Å²) in [6, 6.07) is 5.36. The molecule has 0 aliphatic carbocycles. The molecular formula is C15H16FN3O2. The number of carbonyl (C=O) groups excluding carboxylic acids is 1. The first-order chi connectivity index (χ1) is 10.0. The first-order valence-corrected chi connectivity index (χ1v) is 6.66. The summed E-state index contributed by atoms with van der Waals surface area (Å²) in [6.45, 7) is 3.79. The molecular weight excluding hydrogens is 273 g/mol. The third-order valence-corrected chi connectivity index (χ3v) is 3.17. The molecule has 0 fully saturated rings. The zero-order chi connectivity index (χ0) is 15.4. The molecule has 110 valence electrons. The van der Waals surface area contributed by atoms with Gasteiger partial charge in [-0.3, -0.25) is 14.2 Å². The van der Waals surface area contributed by atoms with Crippen LogP contribution in [0.5, 0.6) is 0 Å². The molecule has 6 heteroatoms. The molecule has 1 atom stereocenters. The number of carbonyl (C=O) groups is 1. The number of amides is 1. The molecule has 1 unspecified atom stereocenters. The van der Waals surface area contributed by atoms with Gasteiger partial charge in [-0.2, -0.15) is 0 Å². The van der Waals surface area contributed by atoms with E-state index in [4.69, 9.17) is 0 Å². The summed E-state index contributed by atoms with van der Waals surface area (Å²) < 4.78 is 14.1. The Balaban J connectivity index is 2.39. The Morgan fingerprint density at radius 1 is 1.38 bits per heavy atom. The first-order valence-electron chi connectivity index (χ1n) is 6.66. The maximum absolute atomic E-state index is 12.9. The topological polar surface area (TPSA) is 64.0 Å². The van der Waals surface area contributed by atoms with Gasteiger partial charge in [-0.25, -0.2) is 9.37 Å². The third-order valence-electron chi connectivity index (χ3n) is 3.17. The predicted octanol–water partition coefficient (Wildman–Crippen LogP) is 1.90. The summed E-state index contributed by atoms with van der Waals surface area (Å²) >= 11 is 0. The minimum atomic E-state index is -0.489. The van der Waals surface area contributed by atoms with E-state index < -0.39 is 17.3 Å². The summed E-state index contributed by atoms with van der Waals surface area (Å²) in [6.07, 6.45) is 3.30. The van der Waals surface area contributed by atoms with E-state index in [-0.39, 0.29) is 11.6 Å². The van der Waals surface area contributed by atoms with Crippen LogP contribution in [0.3, 0.4) is 0 Å². The zero-order valence-electron chi connectivity index (χ0n) is 11.8. The van der Waals surface area contributed by atoms with E-state index in [1.807, 2.05) is 13.8 Å². The standard InChI is InChI=1S/C15H16FN3O2/c1-3-10(2)18-14(20)13-8-17-9-19(15(13)21)12-6-4-11(16)5-7-12/h4-10H,3H2,1-2H3,(H,18,20). The molecule has 0 aliphatic rings. The lowest BCUT2D eigenvalue weighted by molar-refractivity contribution is 0.0937. The van der Waals surface area contributed by atoms with Gasteiger partial charge in [-0.15, -0.1) is 0 Å². The highest BCUT2D eigenvalue weighted by atomic mass is 19.1. The Morgan fingerprint density at radius 3 is 2.67 bits per heavy atom. The van der Waals surface area contributed by atoms with Gasteiger partial charge in [0.15, 0.2) is 0 Å². The van der Waals surface area contributed by atoms with Crippen LogP contribution in [0, 0.1) is 5.82 Å². The Labute approximate surface area is 121 Å². The number of benzene rings is 1. The number of hydrogen-bond acceptors (Lipinski definition) is 3. The second-order valence-electron chi connectivity index (χ2n) is 4.74. The highest BCUT2D eigenvalue weighted by Gasteiger charge is 2.15. The monoisotopic (exact) mass is 289 g/mol. The van der Waals surface area contributed by atoms with Crippen LogP contribution in [0.2, 0.25) is 0 Å². The van der Waals surface area contributed by atoms with Gasteiger partial charge in [0.2, 0.25) is 0 Å². The van der Waals surface area contributed by atoms with Crippen LogP contribution in [0.25, 0.3) is 5.69 Å². The second-order valence-corrected chi connectivity index (χ2v) is 4.74. The van der Waals surface area contributed by atoms with Crippen molar-refractivity contribution >= 4 is 5.91 Å². The molecule has 0 saturated carbocycles. The molecule has 1 aromatic heterocycles. The predicted molar refractivity (Wildman–Crippen MR) is 77.0 cm³/mol. The van der Waals surface area contributed by atoms with Gasteiger partial charge >= 0.3 is 0 Å². The highest BCUT2D eigenvalue weighted by molar-refractivity contribution is 5.93. The van der Waals surface area contributed by atoms with Crippen molar-refractivity contribution in [1.82, 2.24) is 14.9 Å². The van der Waals surface area contributed by atoms with Crippen LogP contribution >= 0.6 is 0 Å². The van der Waals surface area contributed by atoms with Crippen molar-refractivity contribution in [1.29, 1.82) is 0 Å². The van der Waals surface area contributed by atoms with Crippen LogP contribution < -0.4 is 10.9 Å². The maximum Gasteiger partial charge on any atom is 0.270 e. The molecule has 1 heterocycles. The molecule has 2 rings (SSSR count). The van der Waals surface area contributed by atoms with Crippen LogP contribution in [-0.4, -0.2) is 21.5 Å². The van der Waals surface area contributed by atoms with Gasteiger partial charge in [0.25, 0.3) is 11.5 Å². The lowest BCUT2D eigenvalue weighted by Gasteiger charge is -2.12. The highest BCUT2D eigenvalue weighted by Crippen LogP contribution is 2.06. The number of aromatic nitrogens is 2. The lowest BCUT2D eigenvalue weighted by atomic mass is 10.2. The molecule has 1 aromatic carbocycles. The van der Waals surface area contributed by atoms with E-state index >= 15 is 0 Å². The van der Waals surface area contributed by atoms with Gasteiger partial charge in [-0.1, -0.05) is 6.92 Å². The van der Waals surface area contributed by atoms with Crippen LogP contribution in [0.15, 0.2) is 41.6 Å². The van der Waals surface area contributed by atoms with Crippen molar-refractivity contribution in [2.75, 3.05) is 0 Å². The molecule has 0 aliphatic heterocycles. The molecule has 0 radical (unpaired) electrons. The fraction of sp³-hybridized carbons (Fsp3) is 0.267. The number of hydrogen-bond donors (Lipinski definition) is 1. The SMILES string of the molecule is CCC(C)NC(=O)c1cncn(-c2ccc(F)cc2)c1=O. The number of rotatable bonds is 4. The number of halogens is 1. The Kier molecular flexibility index (Phi) is 4.47. The summed E-state index contributed by atoms with van der Waals surface area (Å²) in [5, 5.41) is 2.72. The molecule has 0 saturated heterocycles. The van der Waals surface area contributed by atoms with Gasteiger partial charge < -0.3 is 5.32 Å². The smallest absolute Gasteiger partial charge is 0.270 e. The van der Waals surface area contributed by atoms with Gasteiger partial charge in [0, 0.05) is 12.2 Å². The van der Waals surface area contributed by atoms with E-state index in [0.29, 0.717) is 5.69 Å². The van der Waals surface area contributed by atoms with Gasteiger partial charge in [0.1, 0.15) is 17.7 Å². The molecule has 0 bridgehead atoms. The molecule has 21 heavy (non-hydrogen) atoms. The van der Waals surface area contributed by atoms with Gasteiger partial charge in [0.05, 0.1) is 5.69 Å². The summed E-state index contributed by atoms with van der Waals surface area (Å²) in [7, 11) is 0. The Bertz CT molecular complexity index is 695. The van der Waals surface area contributed by atoms with Crippen molar-refractivity contribution in [3.05, 3.63) is 58.5 Å². The van der Waals surface area contributed by atoms with Crippen molar-refractivity contribution in [3.8, 4) is 5.69 Å². The van der Waals surface area contributed by atoms with E-state index in [1.165, 1.54) is 41.4 Å². The minimum absolute atomic E-state index is 0.0311. The third kappa shape index (κ3) is 3.34. The van der Waals surface area contributed by atoms with E-state index in [2.05, 4.69) is 10.3 Å². The fourth-order valence-corrected chi connectivity index (χ4v) is 1.76. The maximum atomic E-state index is 12.9. The molecule has 1 amide bonds. The van der Waals surface area contributed by atoms with Crippen LogP contribution in [-0.2, 0) is 0 Å². The molecule has 5 nitrogen and oxygen atoms in total. The molecule has 1 N–H and O–H groups in total. The van der Waals surface area contributed by atoms with Crippen molar-refractivity contribution < 1.29 is 9.18 Å². The summed E-state index contributed by atoms with van der Waals surface area (Å²) in [5.41, 5.74) is -0.0772. The first kappa shape index (κ1) is 14.9. The number of nitrogens with one attached hydrogen (secondary N) is 1. The lowest BCUT2D eigenvalue weighted by Crippen LogP contribution is -2.37. The Hall–Kier alpha value is -2.50. The summed E-state index contributed by atoms with van der Waals surface area (Å²) in [4.78, 5) is 28.3. The Morgan fingerprint density at radius 2 is 2.05 bits per heavy atom. The van der Waals surface area contributed by atoms with Crippen molar-refractivity contribution in [3.63, 3.8) is 0 Å². The molecule has 2 aromatic rings. The van der Waals surface area contributed by atoms with Crippen molar-refractivity contribution in [2.45, 2.75) is 26.3 Å². The van der Waals surface area contributed by atoms with Crippen LogP contribution in [0.4, 0.5) is 4.39 Å². The zero-order valence-corrected chi connectivity index (χ0v) is 11.8.